The summed E-state index contributed by atoms with van der Waals surface area (Å²) >= 11 is 0. The van der Waals surface area contributed by atoms with Gasteiger partial charge in [-0.15, -0.1) is 0 Å². The Morgan fingerprint density at radius 2 is 1.85 bits per heavy atom. The number of hydrogen-bond donors (Lipinski definition) is 1. The largest absolute Gasteiger partial charge is 0.383 e. The van der Waals surface area contributed by atoms with Gasteiger partial charge in [0.25, 0.3) is 0 Å². The number of nitrogen functional groups attached to an aromatic ring is 1. The first-order valence-electron chi connectivity index (χ1n) is 7.30. The van der Waals surface area contributed by atoms with E-state index in [4.69, 9.17) is 10.7 Å². The van der Waals surface area contributed by atoms with E-state index in [0.29, 0.717) is 11.9 Å². The Morgan fingerprint density at radius 1 is 1.20 bits per heavy atom. The third kappa shape index (κ3) is 2.87. The van der Waals surface area contributed by atoms with E-state index in [1.807, 2.05) is 6.92 Å². The fourth-order valence-electron chi connectivity index (χ4n) is 2.59. The summed E-state index contributed by atoms with van der Waals surface area (Å²) in [6.07, 6.45) is 0. The minimum absolute atomic E-state index is 0.0909. The van der Waals surface area contributed by atoms with E-state index in [0.717, 1.165) is 36.8 Å². The van der Waals surface area contributed by atoms with Crippen molar-refractivity contribution < 1.29 is 0 Å². The van der Waals surface area contributed by atoms with Crippen LogP contribution in [-0.4, -0.2) is 47.6 Å². The van der Waals surface area contributed by atoms with E-state index in [-0.39, 0.29) is 5.41 Å². The van der Waals surface area contributed by atoms with Crippen molar-refractivity contribution in [1.82, 2.24) is 14.9 Å². The monoisotopic (exact) mass is 277 g/mol. The lowest BCUT2D eigenvalue weighted by molar-refractivity contribution is 0.274. The van der Waals surface area contributed by atoms with Gasteiger partial charge < -0.3 is 15.5 Å². The standard InChI is InChI=1S/C15H27N5/c1-10-9-19(6)7-8-20(10)13-11(2)12(16)17-14(18-13)15(3,4)5/h10H,7-9H2,1-6H3,(H2,16,17,18). The van der Waals surface area contributed by atoms with Gasteiger partial charge in [-0.25, -0.2) is 9.97 Å². The fraction of sp³-hybridized carbons (Fsp3) is 0.733. The Bertz CT molecular complexity index is 492. The Balaban J connectivity index is 2.43. The van der Waals surface area contributed by atoms with Gasteiger partial charge in [-0.05, 0) is 20.9 Å². The summed E-state index contributed by atoms with van der Waals surface area (Å²) in [4.78, 5) is 14.0. The molecule has 0 spiro atoms. The van der Waals surface area contributed by atoms with E-state index in [9.17, 15) is 0 Å². The number of likely N-dealkylation sites (N-methyl/N-ethyl adjacent to an activating group) is 1. The van der Waals surface area contributed by atoms with Gasteiger partial charge in [-0.1, -0.05) is 20.8 Å². The molecule has 1 atom stereocenters. The van der Waals surface area contributed by atoms with Crippen molar-refractivity contribution in [3.63, 3.8) is 0 Å². The molecule has 0 bridgehead atoms. The molecule has 2 N–H and O–H groups in total. The van der Waals surface area contributed by atoms with Crippen LogP contribution >= 0.6 is 0 Å². The quantitative estimate of drug-likeness (QED) is 0.848. The van der Waals surface area contributed by atoms with Crippen molar-refractivity contribution in [2.45, 2.75) is 46.1 Å². The molecule has 1 saturated heterocycles. The summed E-state index contributed by atoms with van der Waals surface area (Å²) in [7, 11) is 2.16. The summed E-state index contributed by atoms with van der Waals surface area (Å²) in [5.74, 6) is 2.43. The highest BCUT2D eigenvalue weighted by Gasteiger charge is 2.27. The molecule has 1 aromatic heterocycles. The van der Waals surface area contributed by atoms with Crippen molar-refractivity contribution in [3.05, 3.63) is 11.4 Å². The van der Waals surface area contributed by atoms with Crippen LogP contribution in [0.15, 0.2) is 0 Å². The molecule has 5 nitrogen and oxygen atoms in total. The van der Waals surface area contributed by atoms with Crippen LogP contribution in [0, 0.1) is 6.92 Å². The number of anilines is 2. The van der Waals surface area contributed by atoms with Crippen molar-refractivity contribution in [3.8, 4) is 0 Å². The first-order chi connectivity index (χ1) is 9.20. The maximum absolute atomic E-state index is 6.11. The molecule has 1 aliphatic rings. The van der Waals surface area contributed by atoms with E-state index < -0.39 is 0 Å². The Labute approximate surface area is 122 Å². The van der Waals surface area contributed by atoms with Crippen LogP contribution in [0.4, 0.5) is 11.6 Å². The Morgan fingerprint density at radius 3 is 2.40 bits per heavy atom. The number of hydrogen-bond acceptors (Lipinski definition) is 5. The van der Waals surface area contributed by atoms with Crippen LogP contribution in [0.5, 0.6) is 0 Å². The third-order valence-electron chi connectivity index (χ3n) is 3.93. The van der Waals surface area contributed by atoms with Crippen LogP contribution in [-0.2, 0) is 5.41 Å². The summed E-state index contributed by atoms with van der Waals surface area (Å²) in [5, 5.41) is 0. The highest BCUT2D eigenvalue weighted by atomic mass is 15.3. The maximum Gasteiger partial charge on any atom is 0.138 e. The molecule has 1 unspecified atom stereocenters. The lowest BCUT2D eigenvalue weighted by Gasteiger charge is -2.40. The van der Waals surface area contributed by atoms with Gasteiger partial charge in [0.05, 0.1) is 0 Å². The van der Waals surface area contributed by atoms with Crippen molar-refractivity contribution in [2.24, 2.45) is 0 Å². The number of aromatic nitrogens is 2. The van der Waals surface area contributed by atoms with Crippen LogP contribution in [0.25, 0.3) is 0 Å². The van der Waals surface area contributed by atoms with E-state index in [2.05, 4.69) is 49.5 Å². The van der Waals surface area contributed by atoms with Crippen LogP contribution in [0.2, 0.25) is 0 Å². The molecular formula is C15H27N5. The minimum atomic E-state index is -0.0909. The van der Waals surface area contributed by atoms with Crippen LogP contribution < -0.4 is 10.6 Å². The second-order valence-corrected chi connectivity index (χ2v) is 6.94. The molecule has 1 fully saturated rings. The van der Waals surface area contributed by atoms with Gasteiger partial charge in [0.1, 0.15) is 17.5 Å². The highest BCUT2D eigenvalue weighted by Crippen LogP contribution is 2.29. The molecule has 20 heavy (non-hydrogen) atoms. The average Bonchev–Trinajstić information content (AvgIpc) is 2.32. The zero-order valence-electron chi connectivity index (χ0n) is 13.6. The van der Waals surface area contributed by atoms with E-state index >= 15 is 0 Å². The van der Waals surface area contributed by atoms with Gasteiger partial charge in [0.15, 0.2) is 0 Å². The topological polar surface area (TPSA) is 58.3 Å². The van der Waals surface area contributed by atoms with Gasteiger partial charge >= 0.3 is 0 Å². The average molecular weight is 277 g/mol. The molecule has 5 heteroatoms. The molecule has 2 heterocycles. The summed E-state index contributed by atoms with van der Waals surface area (Å²) in [6, 6.07) is 0.439. The predicted molar refractivity (Wildman–Crippen MR) is 84.2 cm³/mol. The Hall–Kier alpha value is -1.36. The second kappa shape index (κ2) is 5.20. The number of rotatable bonds is 1. The van der Waals surface area contributed by atoms with Gasteiger partial charge in [0.2, 0.25) is 0 Å². The molecule has 112 valence electrons. The molecular weight excluding hydrogens is 250 g/mol. The van der Waals surface area contributed by atoms with Gasteiger partial charge in [-0.3, -0.25) is 0 Å². The fourth-order valence-corrected chi connectivity index (χ4v) is 2.59. The van der Waals surface area contributed by atoms with Crippen molar-refractivity contribution >= 4 is 11.6 Å². The number of nitrogens with zero attached hydrogens (tertiary/aromatic N) is 4. The van der Waals surface area contributed by atoms with Crippen LogP contribution in [0.1, 0.15) is 39.1 Å². The number of nitrogens with two attached hydrogens (primary N) is 1. The molecule has 0 amide bonds. The second-order valence-electron chi connectivity index (χ2n) is 6.94. The summed E-state index contributed by atoms with van der Waals surface area (Å²) < 4.78 is 0. The zero-order chi connectivity index (χ0) is 15.1. The predicted octanol–water partition coefficient (Wildman–Crippen LogP) is 1.81. The minimum Gasteiger partial charge on any atom is -0.383 e. The molecule has 2 rings (SSSR count). The van der Waals surface area contributed by atoms with E-state index in [1.54, 1.807) is 0 Å². The number of piperazine rings is 1. The molecule has 0 saturated carbocycles. The van der Waals surface area contributed by atoms with Crippen LogP contribution in [0.3, 0.4) is 0 Å². The van der Waals surface area contributed by atoms with Crippen molar-refractivity contribution in [1.29, 1.82) is 0 Å². The maximum atomic E-state index is 6.11. The molecule has 0 aromatic carbocycles. The third-order valence-corrected chi connectivity index (χ3v) is 3.93. The first-order valence-corrected chi connectivity index (χ1v) is 7.30. The van der Waals surface area contributed by atoms with Gasteiger partial charge in [0, 0.05) is 36.7 Å². The summed E-state index contributed by atoms with van der Waals surface area (Å²) in [5.41, 5.74) is 7.01. The van der Waals surface area contributed by atoms with Gasteiger partial charge in [-0.2, -0.15) is 0 Å². The summed E-state index contributed by atoms with van der Waals surface area (Å²) in [6.45, 7) is 13.7. The highest BCUT2D eigenvalue weighted by molar-refractivity contribution is 5.57. The smallest absolute Gasteiger partial charge is 0.138 e. The lowest BCUT2D eigenvalue weighted by atomic mass is 9.95. The first kappa shape index (κ1) is 15.0. The molecule has 1 aromatic rings. The molecule has 1 aliphatic heterocycles. The molecule has 0 aliphatic carbocycles. The lowest BCUT2D eigenvalue weighted by Crippen LogP contribution is -2.51. The van der Waals surface area contributed by atoms with E-state index in [1.165, 1.54) is 0 Å². The normalized spacial score (nSPS) is 21.3. The molecule has 0 radical (unpaired) electrons. The SMILES string of the molecule is Cc1c(N)nc(C(C)(C)C)nc1N1CCN(C)CC1C. The zero-order valence-corrected chi connectivity index (χ0v) is 13.6. The Kier molecular flexibility index (Phi) is 3.91. The van der Waals surface area contributed by atoms with Crippen molar-refractivity contribution in [2.75, 3.05) is 37.3 Å².